The first-order valence-corrected chi connectivity index (χ1v) is 11.7. The molecule has 2 amide bonds. The van der Waals surface area contributed by atoms with Crippen LogP contribution in [-0.2, 0) is 9.59 Å². The molecular weight excluding hydrogens is 412 g/mol. The van der Waals surface area contributed by atoms with E-state index in [-0.39, 0.29) is 35.7 Å². The lowest BCUT2D eigenvalue weighted by Gasteiger charge is -2.36. The fraction of sp³-hybridized carbons (Fsp3) is 0.864. The molecule has 0 bridgehead atoms. The van der Waals surface area contributed by atoms with Gasteiger partial charge in [-0.25, -0.2) is 15.1 Å². The Morgan fingerprint density at radius 1 is 1.16 bits per heavy atom. The second-order valence-corrected chi connectivity index (χ2v) is 10.2. The Bertz CT molecular complexity index is 651. The summed E-state index contributed by atoms with van der Waals surface area (Å²) in [6.07, 6.45) is 5.40. The predicted octanol–water partition coefficient (Wildman–Crippen LogP) is 2.36. The van der Waals surface area contributed by atoms with Gasteiger partial charge in [0.05, 0.1) is 0 Å². The van der Waals surface area contributed by atoms with Crippen LogP contribution in [0.1, 0.15) is 79.6 Å². The number of nitrogens with two attached hydrogens (primary N) is 1. The van der Waals surface area contributed by atoms with Gasteiger partial charge in [0.15, 0.2) is 5.03 Å². The zero-order valence-electron chi connectivity index (χ0n) is 20.3. The molecule has 184 valence electrons. The monoisotopic (exact) mass is 454 g/mol. The third-order valence-corrected chi connectivity index (χ3v) is 6.12. The van der Waals surface area contributed by atoms with Crippen molar-refractivity contribution in [3.05, 3.63) is 10.1 Å². The Morgan fingerprint density at radius 2 is 1.78 bits per heavy atom. The summed E-state index contributed by atoms with van der Waals surface area (Å²) in [6, 6.07) is -0.657. The number of amides is 2. The van der Waals surface area contributed by atoms with E-state index in [9.17, 15) is 19.7 Å². The summed E-state index contributed by atoms with van der Waals surface area (Å²) in [5.74, 6) is 0.442. The number of nitrogens with zero attached hydrogens (tertiary/aromatic N) is 2. The maximum Gasteiger partial charge on any atom is 0.251 e. The van der Waals surface area contributed by atoms with Crippen LogP contribution in [0.2, 0.25) is 0 Å². The van der Waals surface area contributed by atoms with Crippen LogP contribution in [0.15, 0.2) is 4.99 Å². The van der Waals surface area contributed by atoms with Crippen molar-refractivity contribution in [2.45, 2.75) is 85.6 Å². The van der Waals surface area contributed by atoms with E-state index in [0.29, 0.717) is 31.2 Å². The number of guanidine groups is 1. The molecule has 0 radical (unpaired) electrons. The van der Waals surface area contributed by atoms with Gasteiger partial charge in [0.2, 0.25) is 11.8 Å². The number of nitro groups is 1. The Hall–Kier alpha value is -2.39. The normalized spacial score (nSPS) is 20.5. The fourth-order valence-electron chi connectivity index (χ4n) is 4.01. The molecule has 0 aromatic carbocycles. The lowest BCUT2D eigenvalue weighted by Crippen LogP contribution is -2.49. The van der Waals surface area contributed by atoms with Gasteiger partial charge in [-0.05, 0) is 62.2 Å². The van der Waals surface area contributed by atoms with Crippen LogP contribution >= 0.6 is 0 Å². The molecule has 0 aromatic heterocycles. The standard InChI is InChI=1S/C22H42N6O4/c1-15(2)12-14-24-20(30)18(7-6-13-25-21(23)27-28(31)32)26-19(29)16-8-10-17(11-9-16)22(3,4)5/h15-18H,6-14H2,1-5H3,(H,24,30)(H,26,29)(H3,23,25,27)/t16?,17?,18-/m0/s1. The van der Waals surface area contributed by atoms with Gasteiger partial charge in [0.25, 0.3) is 5.96 Å². The zero-order valence-corrected chi connectivity index (χ0v) is 20.3. The van der Waals surface area contributed by atoms with Gasteiger partial charge in [-0.1, -0.05) is 40.0 Å². The maximum atomic E-state index is 12.9. The Labute approximate surface area is 191 Å². The molecule has 0 aliphatic heterocycles. The Kier molecular flexibility index (Phi) is 11.4. The van der Waals surface area contributed by atoms with Crippen molar-refractivity contribution in [1.82, 2.24) is 16.1 Å². The number of hydrazine groups is 1. The third-order valence-electron chi connectivity index (χ3n) is 6.12. The average molecular weight is 455 g/mol. The van der Waals surface area contributed by atoms with Gasteiger partial charge in [-0.3, -0.25) is 9.59 Å². The minimum Gasteiger partial charge on any atom is -0.365 e. The SMILES string of the molecule is CC(C)CCNC(=O)[C@H](CCCN=C(N)N[N+](=O)[O-])NC(=O)C1CCC(C(C)(C)C)CC1. The summed E-state index contributed by atoms with van der Waals surface area (Å²) in [5.41, 5.74) is 7.44. The molecule has 1 aliphatic rings. The molecule has 1 atom stereocenters. The summed E-state index contributed by atoms with van der Waals surface area (Å²) < 4.78 is 0. The van der Waals surface area contributed by atoms with Gasteiger partial charge >= 0.3 is 0 Å². The van der Waals surface area contributed by atoms with Gasteiger partial charge < -0.3 is 16.4 Å². The van der Waals surface area contributed by atoms with Crippen molar-refractivity contribution >= 4 is 17.8 Å². The molecule has 1 saturated carbocycles. The Morgan fingerprint density at radius 3 is 2.31 bits per heavy atom. The minimum atomic E-state index is -0.779. The van der Waals surface area contributed by atoms with E-state index < -0.39 is 11.1 Å². The van der Waals surface area contributed by atoms with Crippen molar-refractivity contribution in [1.29, 1.82) is 0 Å². The zero-order chi connectivity index (χ0) is 24.3. The van der Waals surface area contributed by atoms with Gasteiger partial charge in [-0.15, -0.1) is 0 Å². The third kappa shape index (κ3) is 10.8. The largest absolute Gasteiger partial charge is 0.365 e. The van der Waals surface area contributed by atoms with E-state index in [4.69, 9.17) is 5.73 Å². The number of rotatable bonds is 11. The number of nitrogens with one attached hydrogen (secondary N) is 3. The molecule has 0 saturated heterocycles. The van der Waals surface area contributed by atoms with Crippen molar-refractivity contribution in [3.8, 4) is 0 Å². The van der Waals surface area contributed by atoms with Crippen molar-refractivity contribution in [2.24, 2.45) is 33.9 Å². The lowest BCUT2D eigenvalue weighted by atomic mass is 9.69. The molecule has 0 aromatic rings. The van der Waals surface area contributed by atoms with Gasteiger partial charge in [0, 0.05) is 19.0 Å². The molecule has 1 rings (SSSR count). The van der Waals surface area contributed by atoms with Crippen LogP contribution in [0.3, 0.4) is 0 Å². The number of carbonyl (C=O) groups excluding carboxylic acids is 2. The topological polar surface area (TPSA) is 152 Å². The molecular formula is C22H42N6O4. The van der Waals surface area contributed by atoms with Crippen LogP contribution in [0.5, 0.6) is 0 Å². The first-order valence-electron chi connectivity index (χ1n) is 11.7. The highest BCUT2D eigenvalue weighted by molar-refractivity contribution is 5.88. The minimum absolute atomic E-state index is 0.0700. The molecule has 0 spiro atoms. The summed E-state index contributed by atoms with van der Waals surface area (Å²) in [6.45, 7) is 11.7. The summed E-state index contributed by atoms with van der Waals surface area (Å²) in [4.78, 5) is 39.8. The molecule has 1 fully saturated rings. The molecule has 1 aliphatic carbocycles. The molecule has 10 nitrogen and oxygen atoms in total. The second-order valence-electron chi connectivity index (χ2n) is 10.2. The Balaban J connectivity index is 2.64. The van der Waals surface area contributed by atoms with Crippen molar-refractivity contribution in [3.63, 3.8) is 0 Å². The average Bonchev–Trinajstić information content (AvgIpc) is 2.68. The smallest absolute Gasteiger partial charge is 0.251 e. The van der Waals surface area contributed by atoms with Gasteiger partial charge in [-0.2, -0.15) is 0 Å². The first kappa shape index (κ1) is 27.6. The van der Waals surface area contributed by atoms with E-state index in [0.717, 1.165) is 32.1 Å². The number of hydrogen-bond donors (Lipinski definition) is 4. The summed E-state index contributed by atoms with van der Waals surface area (Å²) in [7, 11) is 0. The summed E-state index contributed by atoms with van der Waals surface area (Å²) in [5, 5.41) is 15.4. The highest BCUT2D eigenvalue weighted by atomic mass is 16.7. The van der Waals surface area contributed by atoms with Crippen molar-refractivity contribution in [2.75, 3.05) is 13.1 Å². The van der Waals surface area contributed by atoms with Gasteiger partial charge in [0.1, 0.15) is 6.04 Å². The molecule has 0 heterocycles. The van der Waals surface area contributed by atoms with Crippen LogP contribution in [-0.4, -0.2) is 41.9 Å². The first-order chi connectivity index (χ1) is 14.9. The predicted molar refractivity (Wildman–Crippen MR) is 125 cm³/mol. The molecule has 5 N–H and O–H groups in total. The van der Waals surface area contributed by atoms with Crippen LogP contribution in [0, 0.1) is 33.3 Å². The van der Waals surface area contributed by atoms with Crippen LogP contribution in [0.4, 0.5) is 0 Å². The van der Waals surface area contributed by atoms with Crippen molar-refractivity contribution < 1.29 is 14.6 Å². The molecule has 10 heteroatoms. The highest BCUT2D eigenvalue weighted by Gasteiger charge is 2.33. The van der Waals surface area contributed by atoms with E-state index in [1.807, 2.05) is 0 Å². The van der Waals surface area contributed by atoms with E-state index >= 15 is 0 Å². The number of aliphatic imine (C=N–C) groups is 1. The second kappa shape index (κ2) is 13.2. The number of hydrogen-bond acceptors (Lipinski definition) is 5. The fourth-order valence-corrected chi connectivity index (χ4v) is 4.01. The lowest BCUT2D eigenvalue weighted by molar-refractivity contribution is -0.525. The molecule has 32 heavy (non-hydrogen) atoms. The van der Waals surface area contributed by atoms with Crippen LogP contribution in [0.25, 0.3) is 0 Å². The van der Waals surface area contributed by atoms with E-state index in [1.54, 1.807) is 5.43 Å². The number of carbonyl (C=O) groups is 2. The highest BCUT2D eigenvalue weighted by Crippen LogP contribution is 2.39. The maximum absolute atomic E-state index is 12.9. The van der Waals surface area contributed by atoms with Crippen LogP contribution < -0.4 is 21.8 Å². The van der Waals surface area contributed by atoms with E-state index in [1.165, 1.54) is 0 Å². The van der Waals surface area contributed by atoms with E-state index in [2.05, 4.69) is 50.2 Å². The quantitative estimate of drug-likeness (QED) is 0.124. The summed E-state index contributed by atoms with van der Waals surface area (Å²) >= 11 is 0. The molecule has 0 unspecified atom stereocenters.